The molecular weight excluding hydrogens is 274 g/mol. The fourth-order valence-corrected chi connectivity index (χ4v) is 2.69. The average molecular weight is 287 g/mol. The third-order valence-corrected chi connectivity index (χ3v) is 3.69. The average Bonchev–Trinajstić information content (AvgIpc) is 3.16. The van der Waals surface area contributed by atoms with Crippen LogP contribution in [0.25, 0.3) is 11.8 Å². The van der Waals surface area contributed by atoms with Crippen LogP contribution in [0, 0.1) is 0 Å². The van der Waals surface area contributed by atoms with Crippen LogP contribution in [-0.2, 0) is 4.79 Å². The third kappa shape index (κ3) is 1.93. The van der Waals surface area contributed by atoms with Gasteiger partial charge in [0.1, 0.15) is 0 Å². The zero-order chi connectivity index (χ0) is 14.9. The Morgan fingerprint density at radius 2 is 1.73 bits per heavy atom. The molecule has 2 heterocycles. The van der Waals surface area contributed by atoms with Crippen molar-refractivity contribution in [1.82, 2.24) is 9.55 Å². The van der Waals surface area contributed by atoms with Crippen LogP contribution in [0.2, 0.25) is 0 Å². The van der Waals surface area contributed by atoms with Crippen molar-refractivity contribution in [3.63, 3.8) is 0 Å². The van der Waals surface area contributed by atoms with Crippen molar-refractivity contribution in [3.05, 3.63) is 78.9 Å². The van der Waals surface area contributed by atoms with E-state index in [-0.39, 0.29) is 5.91 Å². The zero-order valence-electron chi connectivity index (χ0n) is 11.8. The molecule has 2 aromatic carbocycles. The summed E-state index contributed by atoms with van der Waals surface area (Å²) in [6, 6.07) is 17.5. The number of carbonyl (C=O) groups excluding carboxylic acids is 1. The topological polar surface area (TPSA) is 38.1 Å². The van der Waals surface area contributed by atoms with Crippen molar-refractivity contribution < 1.29 is 4.79 Å². The first-order valence-corrected chi connectivity index (χ1v) is 7.03. The van der Waals surface area contributed by atoms with Gasteiger partial charge in [-0.2, -0.15) is 0 Å². The molecule has 0 saturated carbocycles. The maximum absolute atomic E-state index is 12.9. The van der Waals surface area contributed by atoms with Gasteiger partial charge >= 0.3 is 0 Å². The molecule has 0 aliphatic carbocycles. The number of hydrogen-bond acceptors (Lipinski definition) is 2. The molecule has 0 bridgehead atoms. The molecule has 22 heavy (non-hydrogen) atoms. The van der Waals surface area contributed by atoms with Gasteiger partial charge in [0.15, 0.2) is 0 Å². The normalized spacial score (nSPS) is 15.4. The molecule has 0 fully saturated rings. The predicted molar refractivity (Wildman–Crippen MR) is 86.4 cm³/mol. The summed E-state index contributed by atoms with van der Waals surface area (Å²) in [6.07, 6.45) is 7.00. The van der Waals surface area contributed by atoms with Crippen molar-refractivity contribution in [2.24, 2.45) is 0 Å². The monoisotopic (exact) mass is 287 g/mol. The van der Waals surface area contributed by atoms with Crippen LogP contribution in [0.4, 0.5) is 11.4 Å². The van der Waals surface area contributed by atoms with Crippen LogP contribution in [0.5, 0.6) is 0 Å². The lowest BCUT2D eigenvalue weighted by Crippen LogP contribution is -2.20. The minimum Gasteiger partial charge on any atom is -0.312 e. The van der Waals surface area contributed by atoms with Crippen molar-refractivity contribution in [2.45, 2.75) is 0 Å². The minimum absolute atomic E-state index is 0.0268. The fraction of sp³-hybridized carbons (Fsp3) is 0. The van der Waals surface area contributed by atoms with Crippen LogP contribution in [0.3, 0.4) is 0 Å². The van der Waals surface area contributed by atoms with Crippen molar-refractivity contribution in [1.29, 1.82) is 0 Å². The summed E-state index contributed by atoms with van der Waals surface area (Å²) in [5, 5.41) is 0. The predicted octanol–water partition coefficient (Wildman–Crippen LogP) is 3.56. The Morgan fingerprint density at radius 1 is 0.955 bits per heavy atom. The number of fused-ring (bicyclic) bond motifs is 1. The van der Waals surface area contributed by atoms with E-state index < -0.39 is 0 Å². The molecule has 4 nitrogen and oxygen atoms in total. The Labute approximate surface area is 128 Å². The molecule has 106 valence electrons. The van der Waals surface area contributed by atoms with Crippen molar-refractivity contribution in [2.75, 3.05) is 4.90 Å². The highest BCUT2D eigenvalue weighted by Gasteiger charge is 2.33. The highest BCUT2D eigenvalue weighted by atomic mass is 16.2. The number of imidazole rings is 1. The number of rotatable bonds is 2. The number of carbonyl (C=O) groups is 1. The standard InChI is InChI=1S/C18H13N3O/c22-18-16(12-20-11-10-19-13-20)15-8-4-5-9-17(15)21(18)14-6-2-1-3-7-14/h1-13H/b16-12-. The molecule has 1 aromatic heterocycles. The van der Waals surface area contributed by atoms with E-state index in [1.807, 2.05) is 67.0 Å². The van der Waals surface area contributed by atoms with Gasteiger partial charge in [-0.05, 0) is 18.2 Å². The molecule has 1 aliphatic heterocycles. The van der Waals surface area contributed by atoms with E-state index in [2.05, 4.69) is 4.98 Å². The molecule has 0 radical (unpaired) electrons. The number of hydrogen-bond donors (Lipinski definition) is 0. The first kappa shape index (κ1) is 12.6. The van der Waals surface area contributed by atoms with Gasteiger partial charge in [-0.3, -0.25) is 9.69 Å². The van der Waals surface area contributed by atoms with Gasteiger partial charge in [-0.15, -0.1) is 0 Å². The van der Waals surface area contributed by atoms with Gasteiger partial charge in [0, 0.05) is 29.8 Å². The van der Waals surface area contributed by atoms with E-state index >= 15 is 0 Å². The summed E-state index contributed by atoms with van der Waals surface area (Å²) in [7, 11) is 0. The van der Waals surface area contributed by atoms with Gasteiger partial charge < -0.3 is 4.57 Å². The van der Waals surface area contributed by atoms with Gasteiger partial charge in [0.2, 0.25) is 0 Å². The highest BCUT2D eigenvalue weighted by Crippen LogP contribution is 2.41. The smallest absolute Gasteiger partial charge is 0.265 e. The molecular formula is C18H13N3O. The molecule has 4 heteroatoms. The van der Waals surface area contributed by atoms with E-state index in [9.17, 15) is 4.79 Å². The number of benzene rings is 2. The van der Waals surface area contributed by atoms with Crippen LogP contribution in [-0.4, -0.2) is 15.5 Å². The van der Waals surface area contributed by atoms with Crippen LogP contribution >= 0.6 is 0 Å². The summed E-state index contributed by atoms with van der Waals surface area (Å²) < 4.78 is 1.79. The first-order valence-electron chi connectivity index (χ1n) is 7.03. The molecule has 0 N–H and O–H groups in total. The summed E-state index contributed by atoms with van der Waals surface area (Å²) in [5.41, 5.74) is 3.38. The summed E-state index contributed by atoms with van der Waals surface area (Å²) in [4.78, 5) is 18.7. The number of para-hydroxylation sites is 2. The second-order valence-electron chi connectivity index (χ2n) is 5.05. The number of nitrogens with zero attached hydrogens (tertiary/aromatic N) is 3. The Morgan fingerprint density at radius 3 is 2.50 bits per heavy atom. The van der Waals surface area contributed by atoms with E-state index in [0.29, 0.717) is 5.57 Å². The summed E-state index contributed by atoms with van der Waals surface area (Å²) >= 11 is 0. The molecule has 0 spiro atoms. The van der Waals surface area contributed by atoms with Crippen molar-refractivity contribution in [3.8, 4) is 0 Å². The Hall–Kier alpha value is -3.14. The Balaban J connectivity index is 1.89. The Kier molecular flexibility index (Phi) is 2.86. The second kappa shape index (κ2) is 5.00. The molecule has 3 aromatic rings. The number of aromatic nitrogens is 2. The Bertz CT molecular complexity index is 851. The van der Waals surface area contributed by atoms with Crippen LogP contribution in [0.15, 0.2) is 73.3 Å². The second-order valence-corrected chi connectivity index (χ2v) is 5.05. The fourth-order valence-electron chi connectivity index (χ4n) is 2.69. The van der Waals surface area contributed by atoms with Crippen LogP contribution in [0.1, 0.15) is 5.56 Å². The molecule has 0 saturated heterocycles. The number of anilines is 2. The minimum atomic E-state index is -0.0268. The molecule has 1 amide bonds. The maximum Gasteiger partial charge on any atom is 0.265 e. The zero-order valence-corrected chi connectivity index (χ0v) is 11.8. The lowest BCUT2D eigenvalue weighted by molar-refractivity contribution is -0.112. The van der Waals surface area contributed by atoms with Gasteiger partial charge in [-0.25, -0.2) is 4.98 Å². The highest BCUT2D eigenvalue weighted by molar-refractivity contribution is 6.37. The van der Waals surface area contributed by atoms with E-state index in [1.165, 1.54) is 0 Å². The van der Waals surface area contributed by atoms with Crippen molar-refractivity contribution >= 4 is 29.1 Å². The van der Waals surface area contributed by atoms with E-state index in [1.54, 1.807) is 22.0 Å². The molecule has 0 unspecified atom stereocenters. The first-order chi connectivity index (χ1) is 10.8. The number of amides is 1. The summed E-state index contributed by atoms with van der Waals surface area (Å²) in [6.45, 7) is 0. The van der Waals surface area contributed by atoms with Gasteiger partial charge in [-0.1, -0.05) is 36.4 Å². The lowest BCUT2D eigenvalue weighted by atomic mass is 10.1. The van der Waals surface area contributed by atoms with Gasteiger partial charge in [0.25, 0.3) is 5.91 Å². The molecule has 1 aliphatic rings. The lowest BCUT2D eigenvalue weighted by Gasteiger charge is -2.16. The van der Waals surface area contributed by atoms with E-state index in [0.717, 1.165) is 16.9 Å². The van der Waals surface area contributed by atoms with Crippen LogP contribution < -0.4 is 4.90 Å². The molecule has 4 rings (SSSR count). The largest absolute Gasteiger partial charge is 0.312 e. The third-order valence-electron chi connectivity index (χ3n) is 3.69. The van der Waals surface area contributed by atoms with Gasteiger partial charge in [0.05, 0.1) is 17.6 Å². The summed E-state index contributed by atoms with van der Waals surface area (Å²) in [5.74, 6) is -0.0268. The van der Waals surface area contributed by atoms with E-state index in [4.69, 9.17) is 0 Å². The quantitative estimate of drug-likeness (QED) is 0.676. The molecule has 0 atom stereocenters. The SMILES string of the molecule is O=C1/C(=C\n2ccnc2)c2ccccc2N1c1ccccc1. The maximum atomic E-state index is 12.9.